The molecule has 0 saturated heterocycles. The summed E-state index contributed by atoms with van der Waals surface area (Å²) in [6.07, 6.45) is 0. The van der Waals surface area contributed by atoms with E-state index in [1.165, 1.54) is 0 Å². The first kappa shape index (κ1) is 9.92. The summed E-state index contributed by atoms with van der Waals surface area (Å²) >= 11 is 0. The molecule has 0 aromatic rings. The highest BCUT2D eigenvalue weighted by atomic mass is 15.2. The third kappa shape index (κ3) is 1.70. The Hall–Kier alpha value is -0.0800. The Labute approximate surface area is 64.4 Å². The summed E-state index contributed by atoms with van der Waals surface area (Å²) in [5.74, 6) is 0.604. The van der Waals surface area contributed by atoms with E-state index in [4.69, 9.17) is 5.73 Å². The Kier molecular flexibility index (Phi) is 3.33. The number of hydrogen-bond acceptors (Lipinski definition) is 2. The molecule has 0 aliphatic carbocycles. The summed E-state index contributed by atoms with van der Waals surface area (Å²) in [5.41, 5.74) is 5.82. The highest BCUT2D eigenvalue weighted by molar-refractivity contribution is 4.86. The number of nitrogens with two attached hydrogens (primary N) is 1. The van der Waals surface area contributed by atoms with Gasteiger partial charge in [-0.15, -0.1) is 0 Å². The number of nitrogens with zero attached hydrogens (tertiary/aromatic N) is 1. The molecule has 0 bridgehead atoms. The SMILES string of the molecule is CC(C)C(C)(CN)N(C)C. The van der Waals surface area contributed by atoms with Crippen molar-refractivity contribution in [2.75, 3.05) is 20.6 Å². The summed E-state index contributed by atoms with van der Waals surface area (Å²) in [6.45, 7) is 7.31. The van der Waals surface area contributed by atoms with Gasteiger partial charge in [-0.25, -0.2) is 0 Å². The quantitative estimate of drug-likeness (QED) is 0.638. The van der Waals surface area contributed by atoms with Gasteiger partial charge in [-0.05, 0) is 26.9 Å². The van der Waals surface area contributed by atoms with Gasteiger partial charge in [-0.2, -0.15) is 0 Å². The van der Waals surface area contributed by atoms with E-state index in [0.29, 0.717) is 5.92 Å². The van der Waals surface area contributed by atoms with Crippen molar-refractivity contribution in [3.63, 3.8) is 0 Å². The van der Waals surface area contributed by atoms with Crippen molar-refractivity contribution in [2.45, 2.75) is 26.3 Å². The molecule has 2 nitrogen and oxygen atoms in total. The minimum atomic E-state index is 0.153. The van der Waals surface area contributed by atoms with E-state index in [-0.39, 0.29) is 5.54 Å². The molecule has 2 heteroatoms. The maximum Gasteiger partial charge on any atom is 0.0320 e. The topological polar surface area (TPSA) is 29.3 Å². The van der Waals surface area contributed by atoms with Crippen LogP contribution in [0.1, 0.15) is 20.8 Å². The van der Waals surface area contributed by atoms with E-state index < -0.39 is 0 Å². The first-order valence-corrected chi connectivity index (χ1v) is 3.82. The molecule has 2 N–H and O–H groups in total. The minimum absolute atomic E-state index is 0.153. The lowest BCUT2D eigenvalue weighted by atomic mass is 9.87. The molecule has 0 radical (unpaired) electrons. The van der Waals surface area contributed by atoms with E-state index in [1.807, 2.05) is 0 Å². The van der Waals surface area contributed by atoms with Gasteiger partial charge in [0.1, 0.15) is 0 Å². The average Bonchev–Trinajstić information content (AvgIpc) is 1.85. The lowest BCUT2D eigenvalue weighted by molar-refractivity contribution is 0.124. The van der Waals surface area contributed by atoms with E-state index in [2.05, 4.69) is 39.8 Å². The standard InChI is InChI=1S/C8H20N2/c1-7(2)8(3,6-9)10(4)5/h7H,6,9H2,1-5H3. The van der Waals surface area contributed by atoms with Crippen molar-refractivity contribution in [3.8, 4) is 0 Å². The van der Waals surface area contributed by atoms with E-state index in [0.717, 1.165) is 6.54 Å². The monoisotopic (exact) mass is 144 g/mol. The van der Waals surface area contributed by atoms with Gasteiger partial charge in [0.05, 0.1) is 0 Å². The van der Waals surface area contributed by atoms with Crippen LogP contribution >= 0.6 is 0 Å². The van der Waals surface area contributed by atoms with Crippen molar-refractivity contribution in [3.05, 3.63) is 0 Å². The largest absolute Gasteiger partial charge is 0.329 e. The fourth-order valence-electron chi connectivity index (χ4n) is 0.935. The van der Waals surface area contributed by atoms with Crippen LogP contribution in [0.25, 0.3) is 0 Å². The molecule has 62 valence electrons. The second-order valence-corrected chi connectivity index (χ2v) is 3.61. The van der Waals surface area contributed by atoms with Crippen LogP contribution in [0.3, 0.4) is 0 Å². The summed E-state index contributed by atoms with van der Waals surface area (Å²) in [6, 6.07) is 0. The molecule has 0 rings (SSSR count). The predicted octanol–water partition coefficient (Wildman–Crippen LogP) is 0.921. The zero-order valence-corrected chi connectivity index (χ0v) is 7.81. The van der Waals surface area contributed by atoms with E-state index >= 15 is 0 Å². The number of likely N-dealkylation sites (N-methyl/N-ethyl adjacent to an activating group) is 1. The van der Waals surface area contributed by atoms with Gasteiger partial charge in [0.15, 0.2) is 0 Å². The molecule has 0 saturated carbocycles. The van der Waals surface area contributed by atoms with E-state index in [1.54, 1.807) is 0 Å². The Morgan fingerprint density at radius 3 is 1.80 bits per heavy atom. The van der Waals surface area contributed by atoms with Gasteiger partial charge < -0.3 is 10.6 Å². The molecule has 0 spiro atoms. The lowest BCUT2D eigenvalue weighted by Gasteiger charge is -2.39. The van der Waals surface area contributed by atoms with Gasteiger partial charge in [0.25, 0.3) is 0 Å². The second kappa shape index (κ2) is 3.35. The average molecular weight is 144 g/mol. The molecule has 0 aliphatic rings. The fourth-order valence-corrected chi connectivity index (χ4v) is 0.935. The molecule has 0 amide bonds. The van der Waals surface area contributed by atoms with Crippen LogP contribution in [0.5, 0.6) is 0 Å². The number of hydrogen-bond donors (Lipinski definition) is 1. The first-order chi connectivity index (χ1) is 4.45. The van der Waals surface area contributed by atoms with Crippen LogP contribution in [0.4, 0.5) is 0 Å². The van der Waals surface area contributed by atoms with E-state index in [9.17, 15) is 0 Å². The molecular formula is C8H20N2. The maximum absolute atomic E-state index is 5.67. The Morgan fingerprint density at radius 2 is 1.80 bits per heavy atom. The molecule has 1 unspecified atom stereocenters. The third-order valence-corrected chi connectivity index (χ3v) is 2.68. The van der Waals surface area contributed by atoms with Crippen molar-refractivity contribution < 1.29 is 0 Å². The van der Waals surface area contributed by atoms with Gasteiger partial charge in [0.2, 0.25) is 0 Å². The first-order valence-electron chi connectivity index (χ1n) is 3.82. The van der Waals surface area contributed by atoms with Gasteiger partial charge in [0, 0.05) is 12.1 Å². The van der Waals surface area contributed by atoms with Crippen LogP contribution in [0.15, 0.2) is 0 Å². The summed E-state index contributed by atoms with van der Waals surface area (Å²) in [5, 5.41) is 0. The summed E-state index contributed by atoms with van der Waals surface area (Å²) < 4.78 is 0. The highest BCUT2D eigenvalue weighted by Crippen LogP contribution is 2.19. The molecule has 1 atom stereocenters. The Bertz CT molecular complexity index is 89.4. The Morgan fingerprint density at radius 1 is 1.40 bits per heavy atom. The molecule has 0 fully saturated rings. The van der Waals surface area contributed by atoms with Crippen molar-refractivity contribution in [2.24, 2.45) is 11.7 Å². The van der Waals surface area contributed by atoms with Gasteiger partial charge in [-0.3, -0.25) is 0 Å². The van der Waals surface area contributed by atoms with Crippen LogP contribution in [-0.2, 0) is 0 Å². The van der Waals surface area contributed by atoms with Crippen molar-refractivity contribution in [1.82, 2.24) is 4.90 Å². The van der Waals surface area contributed by atoms with Crippen molar-refractivity contribution >= 4 is 0 Å². The minimum Gasteiger partial charge on any atom is -0.329 e. The lowest BCUT2D eigenvalue weighted by Crippen LogP contribution is -2.51. The van der Waals surface area contributed by atoms with Gasteiger partial charge >= 0.3 is 0 Å². The molecule has 0 heterocycles. The summed E-state index contributed by atoms with van der Waals surface area (Å²) in [4.78, 5) is 2.19. The fraction of sp³-hybridized carbons (Fsp3) is 1.00. The number of rotatable bonds is 3. The van der Waals surface area contributed by atoms with Crippen LogP contribution < -0.4 is 5.73 Å². The molecule has 10 heavy (non-hydrogen) atoms. The third-order valence-electron chi connectivity index (χ3n) is 2.68. The van der Waals surface area contributed by atoms with Gasteiger partial charge in [-0.1, -0.05) is 13.8 Å². The highest BCUT2D eigenvalue weighted by Gasteiger charge is 2.28. The molecule has 0 aliphatic heterocycles. The zero-order valence-electron chi connectivity index (χ0n) is 7.81. The zero-order chi connectivity index (χ0) is 8.36. The van der Waals surface area contributed by atoms with Crippen molar-refractivity contribution in [1.29, 1.82) is 0 Å². The smallest absolute Gasteiger partial charge is 0.0320 e. The molecular weight excluding hydrogens is 124 g/mol. The normalized spacial score (nSPS) is 18.0. The van der Waals surface area contributed by atoms with Crippen LogP contribution in [-0.4, -0.2) is 31.1 Å². The van der Waals surface area contributed by atoms with Crippen LogP contribution in [0.2, 0.25) is 0 Å². The maximum atomic E-state index is 5.67. The molecule has 0 aromatic carbocycles. The summed E-state index contributed by atoms with van der Waals surface area (Å²) in [7, 11) is 4.15. The predicted molar refractivity (Wildman–Crippen MR) is 46.0 cm³/mol. The second-order valence-electron chi connectivity index (χ2n) is 3.61. The van der Waals surface area contributed by atoms with Crippen LogP contribution in [0, 0.1) is 5.92 Å². The molecule has 0 aromatic heterocycles. The Balaban J connectivity index is 4.23.